The number of rotatable bonds is 9. The number of hydrogen-bond donors (Lipinski definition) is 1. The highest BCUT2D eigenvalue weighted by Gasteiger charge is 2.16. The van der Waals surface area contributed by atoms with Gasteiger partial charge >= 0.3 is 0 Å². The van der Waals surface area contributed by atoms with Crippen LogP contribution in [0, 0.1) is 0 Å². The second-order valence-corrected chi connectivity index (χ2v) is 6.78. The Morgan fingerprint density at radius 3 is 1.97 bits per heavy atom. The Morgan fingerprint density at radius 2 is 1.45 bits per heavy atom. The minimum atomic E-state index is -0.443. The molecule has 0 fully saturated rings. The molecule has 3 aromatic rings. The molecule has 3 rings (SSSR count). The van der Waals surface area contributed by atoms with E-state index in [1.807, 2.05) is 0 Å². The Hall–Kier alpha value is -4.21. The van der Waals surface area contributed by atoms with Crippen LogP contribution in [-0.2, 0) is 11.3 Å². The van der Waals surface area contributed by atoms with Crippen LogP contribution in [0.3, 0.4) is 0 Å². The molecular formula is C23H25N3O7. The molecule has 1 aromatic heterocycles. The zero-order chi connectivity index (χ0) is 24.0. The fraction of sp³-hybridized carbons (Fsp3) is 0.261. The van der Waals surface area contributed by atoms with Gasteiger partial charge in [0.15, 0.2) is 11.5 Å². The lowest BCUT2D eigenvalue weighted by atomic mass is 10.1. The Bertz CT molecular complexity index is 1160. The molecule has 10 nitrogen and oxygen atoms in total. The molecule has 1 amide bonds. The highest BCUT2D eigenvalue weighted by Crippen LogP contribution is 2.40. The number of anilines is 1. The number of ether oxygens (including phenoxy) is 5. The first kappa shape index (κ1) is 23.5. The predicted molar refractivity (Wildman–Crippen MR) is 122 cm³/mol. The van der Waals surface area contributed by atoms with Crippen LogP contribution >= 0.6 is 0 Å². The third kappa shape index (κ3) is 5.35. The maximum absolute atomic E-state index is 12.6. The van der Waals surface area contributed by atoms with E-state index in [-0.39, 0.29) is 6.54 Å². The number of amides is 1. The van der Waals surface area contributed by atoms with Crippen molar-refractivity contribution in [3.63, 3.8) is 0 Å². The van der Waals surface area contributed by atoms with E-state index in [1.165, 1.54) is 41.6 Å². The largest absolute Gasteiger partial charge is 0.497 e. The summed E-state index contributed by atoms with van der Waals surface area (Å²) in [5.74, 6) is 1.91. The molecule has 0 saturated heterocycles. The average Bonchev–Trinajstić information content (AvgIpc) is 2.83. The first-order chi connectivity index (χ1) is 15.9. The van der Waals surface area contributed by atoms with Crippen molar-refractivity contribution in [3.05, 3.63) is 52.8 Å². The number of methoxy groups -OCH3 is 5. The lowest BCUT2D eigenvalue weighted by Gasteiger charge is -2.14. The molecule has 0 saturated carbocycles. The van der Waals surface area contributed by atoms with Crippen molar-refractivity contribution >= 4 is 11.6 Å². The monoisotopic (exact) mass is 455 g/mol. The van der Waals surface area contributed by atoms with Crippen molar-refractivity contribution in [2.24, 2.45) is 0 Å². The fourth-order valence-electron chi connectivity index (χ4n) is 3.16. The molecule has 0 atom stereocenters. The standard InChI is InChI=1S/C23H25N3O7/c1-29-16-10-15(11-17(12-16)30-2)24-21(27)13-26-22(28)7-6-18(25-26)14-8-19(31-3)23(33-5)20(9-14)32-4/h6-12H,13H2,1-5H3,(H,24,27). The highest BCUT2D eigenvalue weighted by atomic mass is 16.5. The second-order valence-electron chi connectivity index (χ2n) is 6.78. The summed E-state index contributed by atoms with van der Waals surface area (Å²) in [5.41, 5.74) is 1.11. The molecule has 0 aliphatic heterocycles. The molecule has 2 aromatic carbocycles. The van der Waals surface area contributed by atoms with E-state index in [9.17, 15) is 9.59 Å². The van der Waals surface area contributed by atoms with Crippen LogP contribution in [0.2, 0.25) is 0 Å². The lowest BCUT2D eigenvalue weighted by molar-refractivity contribution is -0.117. The fourth-order valence-corrected chi connectivity index (χ4v) is 3.16. The summed E-state index contributed by atoms with van der Waals surface area (Å²) in [6, 6.07) is 11.3. The van der Waals surface area contributed by atoms with Gasteiger partial charge in [-0.15, -0.1) is 0 Å². The smallest absolute Gasteiger partial charge is 0.267 e. The maximum atomic E-state index is 12.6. The second kappa shape index (κ2) is 10.4. The summed E-state index contributed by atoms with van der Waals surface area (Å²) >= 11 is 0. The average molecular weight is 455 g/mol. The van der Waals surface area contributed by atoms with Gasteiger partial charge in [-0.1, -0.05) is 0 Å². The summed E-state index contributed by atoms with van der Waals surface area (Å²) in [6.07, 6.45) is 0. The van der Waals surface area contributed by atoms with Gasteiger partial charge in [-0.05, 0) is 18.2 Å². The molecule has 0 aliphatic rings. The van der Waals surface area contributed by atoms with Gasteiger partial charge in [0.1, 0.15) is 18.0 Å². The Balaban J connectivity index is 1.88. The number of benzene rings is 2. The van der Waals surface area contributed by atoms with Crippen molar-refractivity contribution < 1.29 is 28.5 Å². The van der Waals surface area contributed by atoms with Crippen molar-refractivity contribution in [3.8, 4) is 40.0 Å². The van der Waals surface area contributed by atoms with Gasteiger partial charge in [-0.2, -0.15) is 5.10 Å². The summed E-state index contributed by atoms with van der Waals surface area (Å²) in [7, 11) is 7.55. The van der Waals surface area contributed by atoms with Crippen LogP contribution in [0.15, 0.2) is 47.3 Å². The van der Waals surface area contributed by atoms with Crippen LogP contribution in [0.4, 0.5) is 5.69 Å². The van der Waals surface area contributed by atoms with Gasteiger partial charge in [0.2, 0.25) is 11.7 Å². The molecule has 0 spiro atoms. The summed E-state index contributed by atoms with van der Waals surface area (Å²) < 4.78 is 27.6. The van der Waals surface area contributed by atoms with E-state index in [2.05, 4.69) is 10.4 Å². The van der Waals surface area contributed by atoms with Crippen LogP contribution in [0.1, 0.15) is 0 Å². The molecule has 10 heteroatoms. The molecule has 0 unspecified atom stereocenters. The number of nitrogens with zero attached hydrogens (tertiary/aromatic N) is 2. The van der Waals surface area contributed by atoms with E-state index >= 15 is 0 Å². The first-order valence-corrected chi connectivity index (χ1v) is 9.83. The molecule has 1 N–H and O–H groups in total. The quantitative estimate of drug-likeness (QED) is 0.524. The van der Waals surface area contributed by atoms with Crippen LogP contribution in [0.25, 0.3) is 11.3 Å². The van der Waals surface area contributed by atoms with Crippen molar-refractivity contribution in [1.29, 1.82) is 0 Å². The Kier molecular flexibility index (Phi) is 7.39. The van der Waals surface area contributed by atoms with E-state index in [4.69, 9.17) is 23.7 Å². The van der Waals surface area contributed by atoms with Crippen LogP contribution < -0.4 is 34.6 Å². The van der Waals surface area contributed by atoms with Crippen molar-refractivity contribution in [2.75, 3.05) is 40.9 Å². The molecule has 1 heterocycles. The minimum Gasteiger partial charge on any atom is -0.497 e. The van der Waals surface area contributed by atoms with Crippen LogP contribution in [-0.4, -0.2) is 51.2 Å². The van der Waals surface area contributed by atoms with Gasteiger partial charge in [0, 0.05) is 35.5 Å². The number of carbonyl (C=O) groups excluding carboxylic acids is 1. The van der Waals surface area contributed by atoms with E-state index < -0.39 is 11.5 Å². The lowest BCUT2D eigenvalue weighted by Crippen LogP contribution is -2.29. The summed E-state index contributed by atoms with van der Waals surface area (Å²) in [4.78, 5) is 25.0. The topological polar surface area (TPSA) is 110 Å². The molecule has 0 aliphatic carbocycles. The molecule has 174 valence electrons. The van der Waals surface area contributed by atoms with Gasteiger partial charge in [-0.25, -0.2) is 4.68 Å². The van der Waals surface area contributed by atoms with E-state index in [0.29, 0.717) is 45.7 Å². The SMILES string of the molecule is COc1cc(NC(=O)Cn2nc(-c3cc(OC)c(OC)c(OC)c3)ccc2=O)cc(OC)c1. The Morgan fingerprint density at radius 1 is 0.848 bits per heavy atom. The highest BCUT2D eigenvalue weighted by molar-refractivity contribution is 5.91. The Labute approximate surface area is 190 Å². The number of aromatic nitrogens is 2. The first-order valence-electron chi connectivity index (χ1n) is 9.83. The van der Waals surface area contributed by atoms with Gasteiger partial charge < -0.3 is 29.0 Å². The summed E-state index contributed by atoms with van der Waals surface area (Å²) in [6.45, 7) is -0.295. The number of hydrogen-bond acceptors (Lipinski definition) is 8. The maximum Gasteiger partial charge on any atom is 0.267 e. The molecule has 0 radical (unpaired) electrons. The molecule has 0 bridgehead atoms. The predicted octanol–water partition coefficient (Wildman–Crippen LogP) is 2.59. The van der Waals surface area contributed by atoms with Gasteiger partial charge in [0.25, 0.3) is 5.56 Å². The number of carbonyl (C=O) groups is 1. The van der Waals surface area contributed by atoms with Crippen molar-refractivity contribution in [2.45, 2.75) is 6.54 Å². The van der Waals surface area contributed by atoms with E-state index in [1.54, 1.807) is 36.4 Å². The van der Waals surface area contributed by atoms with Crippen LogP contribution in [0.5, 0.6) is 28.7 Å². The third-order valence-corrected chi connectivity index (χ3v) is 4.76. The zero-order valence-corrected chi connectivity index (χ0v) is 19.0. The normalized spacial score (nSPS) is 10.3. The molecule has 33 heavy (non-hydrogen) atoms. The summed E-state index contributed by atoms with van der Waals surface area (Å²) in [5, 5.41) is 7.06. The minimum absolute atomic E-state index is 0.295. The number of nitrogens with one attached hydrogen (secondary N) is 1. The van der Waals surface area contributed by atoms with E-state index in [0.717, 1.165) is 4.68 Å². The third-order valence-electron chi connectivity index (χ3n) is 4.76. The van der Waals surface area contributed by atoms with Gasteiger partial charge in [-0.3, -0.25) is 9.59 Å². The molecular weight excluding hydrogens is 430 g/mol. The van der Waals surface area contributed by atoms with Gasteiger partial charge in [0.05, 0.1) is 41.2 Å². The zero-order valence-electron chi connectivity index (χ0n) is 19.0. The van der Waals surface area contributed by atoms with Crippen molar-refractivity contribution in [1.82, 2.24) is 9.78 Å².